The molecule has 28 heavy (non-hydrogen) atoms. The van der Waals surface area contributed by atoms with Crippen LogP contribution in [-0.2, 0) is 11.2 Å². The first-order valence-corrected chi connectivity index (χ1v) is 10.5. The van der Waals surface area contributed by atoms with Gasteiger partial charge in [0, 0.05) is 37.5 Å². The molecule has 0 saturated carbocycles. The average molecular weight is 394 g/mol. The lowest BCUT2D eigenvalue weighted by Gasteiger charge is -2.32. The maximum atomic E-state index is 12.6. The summed E-state index contributed by atoms with van der Waals surface area (Å²) in [6.45, 7) is 1.39. The van der Waals surface area contributed by atoms with E-state index < -0.39 is 0 Å². The van der Waals surface area contributed by atoms with Crippen molar-refractivity contribution in [2.24, 2.45) is 0 Å². The van der Waals surface area contributed by atoms with Gasteiger partial charge in [0.2, 0.25) is 5.91 Å². The summed E-state index contributed by atoms with van der Waals surface area (Å²) < 4.78 is 1.17. The third-order valence-corrected chi connectivity index (χ3v) is 6.21. The van der Waals surface area contributed by atoms with Gasteiger partial charge in [-0.15, -0.1) is 11.3 Å². The van der Waals surface area contributed by atoms with E-state index in [9.17, 15) is 9.59 Å². The number of carbonyl (C=O) groups excluding carboxylic acids is 2. The first kappa shape index (κ1) is 18.6. The zero-order valence-corrected chi connectivity index (χ0v) is 16.5. The van der Waals surface area contributed by atoms with Gasteiger partial charge in [0.1, 0.15) is 0 Å². The number of thiazole rings is 1. The Kier molecular flexibility index (Phi) is 5.67. The first-order chi connectivity index (χ1) is 13.7. The van der Waals surface area contributed by atoms with Gasteiger partial charge in [0.15, 0.2) is 0 Å². The van der Waals surface area contributed by atoms with E-state index in [2.05, 4.69) is 16.4 Å². The molecule has 1 aromatic heterocycles. The summed E-state index contributed by atoms with van der Waals surface area (Å²) >= 11 is 1.66. The van der Waals surface area contributed by atoms with E-state index in [1.165, 1.54) is 4.70 Å². The maximum absolute atomic E-state index is 12.6. The molecule has 0 radical (unpaired) electrons. The van der Waals surface area contributed by atoms with Gasteiger partial charge < -0.3 is 10.2 Å². The number of carbonyl (C=O) groups is 2. The number of hydrogen-bond donors (Lipinski definition) is 1. The number of benzene rings is 2. The molecule has 3 aromatic rings. The van der Waals surface area contributed by atoms with E-state index in [1.54, 1.807) is 11.3 Å². The maximum Gasteiger partial charge on any atom is 0.251 e. The minimum atomic E-state index is -0.0405. The number of aromatic nitrogens is 1. The number of likely N-dealkylation sites (tertiary alicyclic amines) is 1. The molecule has 2 amide bonds. The van der Waals surface area contributed by atoms with Gasteiger partial charge in [-0.1, -0.05) is 30.3 Å². The Morgan fingerprint density at radius 3 is 2.50 bits per heavy atom. The fourth-order valence-electron chi connectivity index (χ4n) is 3.53. The SMILES string of the molecule is O=C(NC1CCN(C(=O)CCc2nc3ccccc3s2)CC1)c1ccccc1. The van der Waals surface area contributed by atoms with Gasteiger partial charge in [0.25, 0.3) is 5.91 Å². The Bertz CT molecular complexity index is 929. The number of para-hydroxylation sites is 1. The molecule has 0 atom stereocenters. The van der Waals surface area contributed by atoms with E-state index in [0.29, 0.717) is 31.5 Å². The molecular weight excluding hydrogens is 370 g/mol. The second-order valence-corrected chi connectivity index (χ2v) is 8.19. The van der Waals surface area contributed by atoms with Crippen molar-refractivity contribution in [3.8, 4) is 0 Å². The number of amides is 2. The van der Waals surface area contributed by atoms with Gasteiger partial charge >= 0.3 is 0 Å². The molecule has 1 saturated heterocycles. The Balaban J connectivity index is 1.24. The molecule has 6 heteroatoms. The molecule has 2 heterocycles. The standard InChI is InChI=1S/C22H23N3O2S/c26-21(11-10-20-24-18-8-4-5-9-19(18)28-20)25-14-12-17(13-15-25)23-22(27)16-6-2-1-3-7-16/h1-9,17H,10-15H2,(H,23,27). The molecule has 0 aliphatic carbocycles. The van der Waals surface area contributed by atoms with Gasteiger partial charge in [-0.25, -0.2) is 4.98 Å². The third kappa shape index (κ3) is 4.39. The number of aryl methyl sites for hydroxylation is 1. The Morgan fingerprint density at radius 2 is 1.75 bits per heavy atom. The van der Waals surface area contributed by atoms with Crippen LogP contribution in [0.5, 0.6) is 0 Å². The Morgan fingerprint density at radius 1 is 1.04 bits per heavy atom. The quantitative estimate of drug-likeness (QED) is 0.720. The van der Waals surface area contributed by atoms with Crippen LogP contribution in [0.1, 0.15) is 34.6 Å². The fraction of sp³-hybridized carbons (Fsp3) is 0.318. The highest BCUT2D eigenvalue weighted by Gasteiger charge is 2.24. The highest BCUT2D eigenvalue weighted by molar-refractivity contribution is 7.18. The van der Waals surface area contributed by atoms with Crippen molar-refractivity contribution in [2.75, 3.05) is 13.1 Å². The number of rotatable bonds is 5. The van der Waals surface area contributed by atoms with Crippen LogP contribution in [0.15, 0.2) is 54.6 Å². The lowest BCUT2D eigenvalue weighted by molar-refractivity contribution is -0.132. The molecule has 1 aliphatic rings. The molecule has 1 fully saturated rings. The summed E-state index contributed by atoms with van der Waals surface area (Å²) in [4.78, 5) is 31.3. The Labute approximate surface area is 168 Å². The van der Waals surface area contributed by atoms with Crippen molar-refractivity contribution >= 4 is 33.4 Å². The van der Waals surface area contributed by atoms with Crippen LogP contribution in [-0.4, -0.2) is 40.8 Å². The second kappa shape index (κ2) is 8.52. The van der Waals surface area contributed by atoms with E-state index in [-0.39, 0.29) is 17.9 Å². The highest BCUT2D eigenvalue weighted by atomic mass is 32.1. The van der Waals surface area contributed by atoms with Gasteiger partial charge in [-0.05, 0) is 37.1 Å². The summed E-state index contributed by atoms with van der Waals surface area (Å²) in [6, 6.07) is 17.4. The van der Waals surface area contributed by atoms with Crippen molar-refractivity contribution in [3.63, 3.8) is 0 Å². The smallest absolute Gasteiger partial charge is 0.251 e. The minimum absolute atomic E-state index is 0.0405. The predicted octanol–water partition coefficient (Wildman–Crippen LogP) is 3.65. The van der Waals surface area contributed by atoms with Crippen LogP contribution in [0.25, 0.3) is 10.2 Å². The number of piperidine rings is 1. The van der Waals surface area contributed by atoms with Crippen LogP contribution in [0.3, 0.4) is 0 Å². The van der Waals surface area contributed by atoms with E-state index >= 15 is 0 Å². The summed E-state index contributed by atoms with van der Waals surface area (Å²) in [5.74, 6) is 0.133. The molecule has 144 valence electrons. The van der Waals surface area contributed by atoms with E-state index in [0.717, 1.165) is 23.4 Å². The summed E-state index contributed by atoms with van der Waals surface area (Å²) in [7, 11) is 0. The topological polar surface area (TPSA) is 62.3 Å². The number of fused-ring (bicyclic) bond motifs is 1. The predicted molar refractivity (Wildman–Crippen MR) is 111 cm³/mol. The zero-order chi connectivity index (χ0) is 19.3. The number of hydrogen-bond acceptors (Lipinski definition) is 4. The molecule has 0 bridgehead atoms. The fourth-order valence-corrected chi connectivity index (χ4v) is 4.50. The van der Waals surface area contributed by atoms with Crippen molar-refractivity contribution in [3.05, 3.63) is 65.2 Å². The molecule has 1 N–H and O–H groups in total. The van der Waals surface area contributed by atoms with Crippen molar-refractivity contribution in [1.29, 1.82) is 0 Å². The lowest BCUT2D eigenvalue weighted by Crippen LogP contribution is -2.46. The molecule has 0 spiro atoms. The number of nitrogens with one attached hydrogen (secondary N) is 1. The largest absolute Gasteiger partial charge is 0.349 e. The van der Waals surface area contributed by atoms with Crippen molar-refractivity contribution in [1.82, 2.24) is 15.2 Å². The van der Waals surface area contributed by atoms with Crippen molar-refractivity contribution in [2.45, 2.75) is 31.7 Å². The number of nitrogens with zero attached hydrogens (tertiary/aromatic N) is 2. The molecular formula is C22H23N3O2S. The molecule has 1 aliphatic heterocycles. The second-order valence-electron chi connectivity index (χ2n) is 7.07. The normalized spacial score (nSPS) is 14.9. The van der Waals surface area contributed by atoms with E-state index in [1.807, 2.05) is 53.4 Å². The van der Waals surface area contributed by atoms with Gasteiger partial charge in [0.05, 0.1) is 15.2 Å². The molecule has 2 aromatic carbocycles. The van der Waals surface area contributed by atoms with Crippen LogP contribution < -0.4 is 5.32 Å². The monoisotopic (exact) mass is 393 g/mol. The van der Waals surface area contributed by atoms with Gasteiger partial charge in [-0.2, -0.15) is 0 Å². The minimum Gasteiger partial charge on any atom is -0.349 e. The molecule has 5 nitrogen and oxygen atoms in total. The first-order valence-electron chi connectivity index (χ1n) is 9.67. The van der Waals surface area contributed by atoms with Crippen LogP contribution >= 0.6 is 11.3 Å². The summed E-state index contributed by atoms with van der Waals surface area (Å²) in [5.41, 5.74) is 1.68. The van der Waals surface area contributed by atoms with Crippen LogP contribution in [0.4, 0.5) is 0 Å². The summed E-state index contributed by atoms with van der Waals surface area (Å²) in [5, 5.41) is 4.10. The van der Waals surface area contributed by atoms with Crippen LogP contribution in [0, 0.1) is 0 Å². The molecule has 4 rings (SSSR count). The Hall–Kier alpha value is -2.73. The van der Waals surface area contributed by atoms with Crippen molar-refractivity contribution < 1.29 is 9.59 Å². The zero-order valence-electron chi connectivity index (χ0n) is 15.6. The summed E-state index contributed by atoms with van der Waals surface area (Å²) in [6.07, 6.45) is 2.76. The molecule has 0 unspecified atom stereocenters. The highest BCUT2D eigenvalue weighted by Crippen LogP contribution is 2.23. The third-order valence-electron chi connectivity index (χ3n) is 5.11. The van der Waals surface area contributed by atoms with Gasteiger partial charge in [-0.3, -0.25) is 9.59 Å². The van der Waals surface area contributed by atoms with Crippen LogP contribution in [0.2, 0.25) is 0 Å². The average Bonchev–Trinajstić information content (AvgIpc) is 3.16. The lowest BCUT2D eigenvalue weighted by atomic mass is 10.0. The van der Waals surface area contributed by atoms with E-state index in [4.69, 9.17) is 0 Å².